The average Bonchev–Trinajstić information content (AvgIpc) is 2.63. The minimum Gasteiger partial charge on any atom is -0.386 e. The molecule has 16 heavy (non-hydrogen) atoms. The molecule has 0 bridgehead atoms. The highest BCUT2D eigenvalue weighted by Crippen LogP contribution is 2.19. The minimum atomic E-state index is -0.675. The fourth-order valence-corrected chi connectivity index (χ4v) is 1.99. The van der Waals surface area contributed by atoms with E-state index >= 15 is 0 Å². The lowest BCUT2D eigenvalue weighted by molar-refractivity contribution is 0.000147. The monoisotopic (exact) mass is 231 g/mol. The van der Waals surface area contributed by atoms with Gasteiger partial charge in [0, 0.05) is 32.7 Å². The van der Waals surface area contributed by atoms with Crippen molar-refractivity contribution in [3.63, 3.8) is 0 Å². The number of hydrogen-bond donors (Lipinski definition) is 2. The molecule has 96 valence electrons. The summed E-state index contributed by atoms with van der Waals surface area (Å²) in [7, 11) is 1.73. The number of rotatable bonds is 6. The molecule has 0 aromatic carbocycles. The molecule has 1 heterocycles. The Labute approximate surface area is 98.3 Å². The molecule has 1 aliphatic heterocycles. The molecule has 0 amide bonds. The molecule has 0 aromatic rings. The minimum absolute atomic E-state index is 0.124. The van der Waals surface area contributed by atoms with Crippen LogP contribution in [-0.2, 0) is 9.47 Å². The van der Waals surface area contributed by atoms with E-state index in [1.165, 1.54) is 0 Å². The van der Waals surface area contributed by atoms with Crippen LogP contribution in [0.3, 0.4) is 0 Å². The molecule has 0 radical (unpaired) electrons. The average molecular weight is 231 g/mol. The van der Waals surface area contributed by atoms with Crippen LogP contribution in [0, 0.1) is 0 Å². The van der Waals surface area contributed by atoms with Crippen molar-refractivity contribution >= 4 is 0 Å². The van der Waals surface area contributed by atoms with Gasteiger partial charge in [0.05, 0.1) is 12.2 Å². The zero-order valence-electron chi connectivity index (χ0n) is 10.9. The highest BCUT2D eigenvalue weighted by atomic mass is 16.5. The van der Waals surface area contributed by atoms with Gasteiger partial charge in [-0.2, -0.15) is 0 Å². The normalized spacial score (nSPS) is 28.3. The second kappa shape index (κ2) is 5.45. The maximum Gasteiger partial charge on any atom is 0.102 e. The fourth-order valence-electron chi connectivity index (χ4n) is 1.99. The van der Waals surface area contributed by atoms with Gasteiger partial charge < -0.3 is 19.9 Å². The molecule has 1 saturated heterocycles. The van der Waals surface area contributed by atoms with Gasteiger partial charge in [-0.25, -0.2) is 0 Å². The molecule has 2 atom stereocenters. The Bertz CT molecular complexity index is 212. The predicted molar refractivity (Wildman–Crippen MR) is 63.6 cm³/mol. The Morgan fingerprint density at radius 1 is 1.56 bits per heavy atom. The van der Waals surface area contributed by atoms with E-state index in [2.05, 4.69) is 26.1 Å². The van der Waals surface area contributed by atoms with E-state index < -0.39 is 5.60 Å². The highest BCUT2D eigenvalue weighted by molar-refractivity contribution is 4.86. The van der Waals surface area contributed by atoms with Crippen LogP contribution in [0.15, 0.2) is 0 Å². The summed E-state index contributed by atoms with van der Waals surface area (Å²) < 4.78 is 10.6. The highest BCUT2D eigenvalue weighted by Gasteiger charge is 2.32. The van der Waals surface area contributed by atoms with Gasteiger partial charge in [-0.15, -0.1) is 0 Å². The van der Waals surface area contributed by atoms with Crippen LogP contribution >= 0.6 is 0 Å². The summed E-state index contributed by atoms with van der Waals surface area (Å²) in [5, 5.41) is 13.4. The third-order valence-corrected chi connectivity index (χ3v) is 3.21. The Morgan fingerprint density at radius 2 is 2.25 bits per heavy atom. The maximum atomic E-state index is 10.1. The summed E-state index contributed by atoms with van der Waals surface area (Å²) in [6.45, 7) is 7.95. The molecule has 2 N–H and O–H groups in total. The van der Waals surface area contributed by atoms with Crippen LogP contribution in [0.4, 0.5) is 0 Å². The van der Waals surface area contributed by atoms with E-state index in [0.29, 0.717) is 25.8 Å². The Kier molecular flexibility index (Phi) is 4.73. The van der Waals surface area contributed by atoms with Crippen molar-refractivity contribution in [1.29, 1.82) is 0 Å². The number of aliphatic hydroxyl groups is 1. The third-order valence-electron chi connectivity index (χ3n) is 3.21. The number of nitrogens with one attached hydrogen (secondary N) is 1. The molecule has 1 rings (SSSR count). The van der Waals surface area contributed by atoms with Gasteiger partial charge in [0.25, 0.3) is 0 Å². The zero-order chi connectivity index (χ0) is 12.2. The van der Waals surface area contributed by atoms with Crippen molar-refractivity contribution in [2.75, 3.05) is 26.9 Å². The maximum absolute atomic E-state index is 10.1. The van der Waals surface area contributed by atoms with Crippen LogP contribution in [-0.4, -0.2) is 49.2 Å². The molecule has 0 saturated carbocycles. The number of hydrogen-bond acceptors (Lipinski definition) is 4. The molecule has 0 spiro atoms. The molecular formula is C12H25NO3. The Morgan fingerprint density at radius 3 is 2.75 bits per heavy atom. The quantitative estimate of drug-likeness (QED) is 0.714. The Hall–Kier alpha value is -0.160. The van der Waals surface area contributed by atoms with Crippen molar-refractivity contribution in [3.05, 3.63) is 0 Å². The van der Waals surface area contributed by atoms with Crippen molar-refractivity contribution < 1.29 is 14.6 Å². The molecule has 1 aliphatic rings. The van der Waals surface area contributed by atoms with Crippen molar-refractivity contribution in [3.8, 4) is 0 Å². The van der Waals surface area contributed by atoms with Crippen molar-refractivity contribution in [1.82, 2.24) is 5.32 Å². The Balaban J connectivity index is 2.27. The van der Waals surface area contributed by atoms with Crippen LogP contribution in [0.25, 0.3) is 0 Å². The molecule has 1 fully saturated rings. The van der Waals surface area contributed by atoms with Gasteiger partial charge in [-0.1, -0.05) is 0 Å². The van der Waals surface area contributed by atoms with Gasteiger partial charge in [0.15, 0.2) is 0 Å². The summed E-state index contributed by atoms with van der Waals surface area (Å²) in [4.78, 5) is 0. The fraction of sp³-hybridized carbons (Fsp3) is 1.00. The number of ether oxygens (including phenoxy) is 2. The summed E-state index contributed by atoms with van der Waals surface area (Å²) in [5.74, 6) is 0. The zero-order valence-corrected chi connectivity index (χ0v) is 10.9. The van der Waals surface area contributed by atoms with Gasteiger partial charge in [0.1, 0.15) is 5.60 Å². The van der Waals surface area contributed by atoms with E-state index in [1.54, 1.807) is 7.11 Å². The van der Waals surface area contributed by atoms with Crippen LogP contribution in [0.1, 0.15) is 33.6 Å². The lowest BCUT2D eigenvalue weighted by Gasteiger charge is -2.29. The van der Waals surface area contributed by atoms with Crippen molar-refractivity contribution in [2.45, 2.75) is 50.9 Å². The second-order valence-corrected chi connectivity index (χ2v) is 5.48. The van der Waals surface area contributed by atoms with Crippen LogP contribution in [0.2, 0.25) is 0 Å². The molecule has 0 aromatic heterocycles. The van der Waals surface area contributed by atoms with E-state index in [4.69, 9.17) is 9.47 Å². The first kappa shape index (κ1) is 13.9. The first-order valence-corrected chi connectivity index (χ1v) is 5.96. The van der Waals surface area contributed by atoms with Crippen LogP contribution in [0.5, 0.6) is 0 Å². The lowest BCUT2D eigenvalue weighted by atomic mass is 9.98. The van der Waals surface area contributed by atoms with E-state index in [0.717, 1.165) is 12.8 Å². The topological polar surface area (TPSA) is 50.7 Å². The second-order valence-electron chi connectivity index (χ2n) is 5.48. The van der Waals surface area contributed by atoms with Gasteiger partial charge in [-0.3, -0.25) is 0 Å². The molecule has 2 unspecified atom stereocenters. The van der Waals surface area contributed by atoms with E-state index in [9.17, 15) is 5.11 Å². The number of methoxy groups -OCH3 is 1. The van der Waals surface area contributed by atoms with E-state index in [1.807, 2.05) is 0 Å². The van der Waals surface area contributed by atoms with Gasteiger partial charge >= 0.3 is 0 Å². The summed E-state index contributed by atoms with van der Waals surface area (Å²) >= 11 is 0. The van der Waals surface area contributed by atoms with Crippen molar-refractivity contribution in [2.24, 2.45) is 0 Å². The molecule has 0 aliphatic carbocycles. The van der Waals surface area contributed by atoms with Gasteiger partial charge in [-0.05, 0) is 27.2 Å². The first-order chi connectivity index (χ1) is 7.37. The third kappa shape index (κ3) is 4.37. The first-order valence-electron chi connectivity index (χ1n) is 5.96. The SMILES string of the molecule is COC(C)(C)CC(C)NCC1(O)CCOC1. The largest absolute Gasteiger partial charge is 0.386 e. The molecule has 4 heteroatoms. The standard InChI is InChI=1S/C12H25NO3/c1-10(7-11(2,3)15-4)13-8-12(14)5-6-16-9-12/h10,13-14H,5-9H2,1-4H3. The van der Waals surface area contributed by atoms with E-state index in [-0.39, 0.29) is 5.60 Å². The molecule has 4 nitrogen and oxygen atoms in total. The summed E-state index contributed by atoms with van der Waals surface area (Å²) in [5.41, 5.74) is -0.799. The van der Waals surface area contributed by atoms with Gasteiger partial charge in [0.2, 0.25) is 0 Å². The summed E-state index contributed by atoms with van der Waals surface area (Å²) in [6, 6.07) is 0.319. The molecular weight excluding hydrogens is 206 g/mol. The van der Waals surface area contributed by atoms with Crippen LogP contribution < -0.4 is 5.32 Å². The smallest absolute Gasteiger partial charge is 0.102 e. The summed E-state index contributed by atoms with van der Waals surface area (Å²) in [6.07, 6.45) is 1.64. The predicted octanol–water partition coefficient (Wildman–Crippen LogP) is 0.931. The lowest BCUT2D eigenvalue weighted by Crippen LogP contribution is -2.46.